The zero-order chi connectivity index (χ0) is 16.6. The first-order valence-corrected chi connectivity index (χ1v) is 7.17. The van der Waals surface area contributed by atoms with E-state index in [0.717, 1.165) is 0 Å². The minimum absolute atomic E-state index is 0. The summed E-state index contributed by atoms with van der Waals surface area (Å²) in [6.45, 7) is 7.29. The van der Waals surface area contributed by atoms with Crippen LogP contribution in [0.15, 0.2) is 23.2 Å². The molecule has 0 saturated heterocycles. The van der Waals surface area contributed by atoms with Crippen molar-refractivity contribution in [1.82, 2.24) is 10.6 Å². The first-order valence-electron chi connectivity index (χ1n) is 7.17. The van der Waals surface area contributed by atoms with Crippen molar-refractivity contribution in [3.8, 4) is 6.07 Å². The van der Waals surface area contributed by atoms with Crippen LogP contribution in [0, 0.1) is 17.1 Å². The van der Waals surface area contributed by atoms with E-state index in [1.807, 2.05) is 26.8 Å². The van der Waals surface area contributed by atoms with E-state index >= 15 is 0 Å². The molecule has 1 rings (SSSR count). The molecule has 1 aromatic rings. The minimum atomic E-state index is -0.365. The van der Waals surface area contributed by atoms with Gasteiger partial charge in [0.05, 0.1) is 23.8 Å². The van der Waals surface area contributed by atoms with Crippen LogP contribution in [-0.4, -0.2) is 31.8 Å². The van der Waals surface area contributed by atoms with Gasteiger partial charge in [0.1, 0.15) is 5.82 Å². The molecule has 0 radical (unpaired) electrons. The Morgan fingerprint density at radius 1 is 1.39 bits per heavy atom. The SMILES string of the molecule is CCNC(=NCc1cc(C#N)ccc1F)NCC(C)(C)OC.I. The molecule has 5 nitrogen and oxygen atoms in total. The zero-order valence-electron chi connectivity index (χ0n) is 13.9. The molecule has 128 valence electrons. The standard InChI is InChI=1S/C16H23FN4O.HI/c1-5-19-15(21-11-16(2,3)22-4)20-10-13-8-12(9-18)6-7-14(13)17;/h6-8H,5,10-11H2,1-4H3,(H2,19,20,21);1H. The summed E-state index contributed by atoms with van der Waals surface area (Å²) in [5.41, 5.74) is 0.481. The Balaban J connectivity index is 0.00000484. The molecule has 0 unspecified atom stereocenters. The normalized spacial score (nSPS) is 11.4. The number of hydrogen-bond donors (Lipinski definition) is 2. The van der Waals surface area contributed by atoms with Crippen LogP contribution in [0.4, 0.5) is 4.39 Å². The van der Waals surface area contributed by atoms with E-state index in [1.54, 1.807) is 7.11 Å². The molecule has 0 aliphatic carbocycles. The van der Waals surface area contributed by atoms with E-state index in [0.29, 0.717) is 30.2 Å². The molecule has 2 N–H and O–H groups in total. The summed E-state index contributed by atoms with van der Waals surface area (Å²) in [7, 11) is 1.65. The summed E-state index contributed by atoms with van der Waals surface area (Å²) in [6.07, 6.45) is 0. The van der Waals surface area contributed by atoms with Crippen molar-refractivity contribution >= 4 is 29.9 Å². The van der Waals surface area contributed by atoms with Gasteiger partial charge in [0.25, 0.3) is 0 Å². The smallest absolute Gasteiger partial charge is 0.191 e. The van der Waals surface area contributed by atoms with Gasteiger partial charge in [0.15, 0.2) is 5.96 Å². The van der Waals surface area contributed by atoms with Crippen molar-refractivity contribution in [3.63, 3.8) is 0 Å². The number of aliphatic imine (C=N–C) groups is 1. The maximum atomic E-state index is 13.7. The molecule has 23 heavy (non-hydrogen) atoms. The number of methoxy groups -OCH3 is 1. The van der Waals surface area contributed by atoms with Crippen LogP contribution >= 0.6 is 24.0 Å². The first kappa shape index (κ1) is 21.6. The average molecular weight is 434 g/mol. The number of nitrogens with one attached hydrogen (secondary N) is 2. The van der Waals surface area contributed by atoms with Crippen LogP contribution in [-0.2, 0) is 11.3 Å². The van der Waals surface area contributed by atoms with Gasteiger partial charge in [-0.25, -0.2) is 9.38 Å². The van der Waals surface area contributed by atoms with Crippen LogP contribution in [0.1, 0.15) is 31.9 Å². The zero-order valence-corrected chi connectivity index (χ0v) is 16.3. The second kappa shape index (κ2) is 10.4. The molecular formula is C16H24FIN4O. The maximum Gasteiger partial charge on any atom is 0.191 e. The van der Waals surface area contributed by atoms with Crippen molar-refractivity contribution in [2.75, 3.05) is 20.2 Å². The summed E-state index contributed by atoms with van der Waals surface area (Å²) < 4.78 is 19.1. The van der Waals surface area contributed by atoms with Crippen LogP contribution in [0.3, 0.4) is 0 Å². The predicted molar refractivity (Wildman–Crippen MR) is 100 cm³/mol. The Labute approximate surface area is 154 Å². The Kier molecular flexibility index (Phi) is 9.76. The number of benzene rings is 1. The quantitative estimate of drug-likeness (QED) is 0.411. The number of guanidine groups is 1. The van der Waals surface area contributed by atoms with Crippen molar-refractivity contribution in [2.24, 2.45) is 4.99 Å². The molecule has 0 saturated carbocycles. The summed E-state index contributed by atoms with van der Waals surface area (Å²) >= 11 is 0. The molecule has 0 aliphatic rings. The molecule has 1 aromatic carbocycles. The largest absolute Gasteiger partial charge is 0.377 e. The van der Waals surface area contributed by atoms with E-state index in [1.165, 1.54) is 18.2 Å². The molecule has 0 aromatic heterocycles. The topological polar surface area (TPSA) is 69.4 Å². The van der Waals surface area contributed by atoms with Gasteiger partial charge in [-0.15, -0.1) is 24.0 Å². The van der Waals surface area contributed by atoms with Gasteiger partial charge in [-0.05, 0) is 39.0 Å². The molecule has 0 atom stereocenters. The highest BCUT2D eigenvalue weighted by Crippen LogP contribution is 2.11. The summed E-state index contributed by atoms with van der Waals surface area (Å²) in [4.78, 5) is 4.35. The Morgan fingerprint density at radius 2 is 2.09 bits per heavy atom. The molecular weight excluding hydrogens is 410 g/mol. The summed E-state index contributed by atoms with van der Waals surface area (Å²) in [5, 5.41) is 15.1. The van der Waals surface area contributed by atoms with Gasteiger partial charge >= 0.3 is 0 Å². The highest BCUT2D eigenvalue weighted by Gasteiger charge is 2.16. The predicted octanol–water partition coefficient (Wildman–Crippen LogP) is 2.80. The monoisotopic (exact) mass is 434 g/mol. The van der Waals surface area contributed by atoms with Gasteiger partial charge in [-0.2, -0.15) is 5.26 Å². The van der Waals surface area contributed by atoms with Gasteiger partial charge < -0.3 is 15.4 Å². The van der Waals surface area contributed by atoms with E-state index in [2.05, 4.69) is 15.6 Å². The molecule has 0 heterocycles. The third kappa shape index (κ3) is 7.61. The van der Waals surface area contributed by atoms with Crippen molar-refractivity contribution in [1.29, 1.82) is 5.26 Å². The fourth-order valence-electron chi connectivity index (χ4n) is 1.64. The highest BCUT2D eigenvalue weighted by molar-refractivity contribution is 14.0. The van der Waals surface area contributed by atoms with E-state index in [-0.39, 0.29) is 41.9 Å². The number of halogens is 2. The molecule has 0 aliphatic heterocycles. The molecule has 0 spiro atoms. The lowest BCUT2D eigenvalue weighted by atomic mass is 10.1. The number of nitrogens with zero attached hydrogens (tertiary/aromatic N) is 2. The van der Waals surface area contributed by atoms with Gasteiger partial charge in [-0.3, -0.25) is 0 Å². The fraction of sp³-hybridized carbons (Fsp3) is 0.500. The molecule has 7 heteroatoms. The minimum Gasteiger partial charge on any atom is -0.377 e. The third-order valence-electron chi connectivity index (χ3n) is 3.16. The molecule has 0 amide bonds. The van der Waals surface area contributed by atoms with Gasteiger partial charge in [-0.1, -0.05) is 0 Å². The lowest BCUT2D eigenvalue weighted by Crippen LogP contribution is -2.45. The number of rotatable bonds is 6. The number of hydrogen-bond acceptors (Lipinski definition) is 3. The Morgan fingerprint density at radius 3 is 2.65 bits per heavy atom. The Hall–Kier alpha value is -1.40. The lowest BCUT2D eigenvalue weighted by molar-refractivity contribution is 0.0268. The number of ether oxygens (including phenoxy) is 1. The van der Waals surface area contributed by atoms with Crippen LogP contribution in [0.2, 0.25) is 0 Å². The van der Waals surface area contributed by atoms with E-state index < -0.39 is 0 Å². The van der Waals surface area contributed by atoms with Crippen LogP contribution in [0.25, 0.3) is 0 Å². The maximum absolute atomic E-state index is 13.7. The van der Waals surface area contributed by atoms with Crippen molar-refractivity contribution in [2.45, 2.75) is 32.9 Å². The summed E-state index contributed by atoms with van der Waals surface area (Å²) in [6, 6.07) is 6.25. The van der Waals surface area contributed by atoms with Gasteiger partial charge in [0, 0.05) is 25.8 Å². The second-order valence-corrected chi connectivity index (χ2v) is 5.43. The van der Waals surface area contributed by atoms with E-state index in [4.69, 9.17) is 10.00 Å². The van der Waals surface area contributed by atoms with Crippen LogP contribution < -0.4 is 10.6 Å². The summed E-state index contributed by atoms with van der Waals surface area (Å²) in [5.74, 6) is 0.213. The number of nitriles is 1. The van der Waals surface area contributed by atoms with E-state index in [9.17, 15) is 4.39 Å². The van der Waals surface area contributed by atoms with Gasteiger partial charge in [0.2, 0.25) is 0 Å². The fourth-order valence-corrected chi connectivity index (χ4v) is 1.64. The van der Waals surface area contributed by atoms with Crippen LogP contribution in [0.5, 0.6) is 0 Å². The molecule has 0 bridgehead atoms. The van der Waals surface area contributed by atoms with Crippen molar-refractivity contribution < 1.29 is 9.13 Å². The lowest BCUT2D eigenvalue weighted by Gasteiger charge is -2.24. The third-order valence-corrected chi connectivity index (χ3v) is 3.16. The second-order valence-electron chi connectivity index (χ2n) is 5.43. The first-order chi connectivity index (χ1) is 10.4. The Bertz CT molecular complexity index is 570. The van der Waals surface area contributed by atoms with Crippen molar-refractivity contribution in [3.05, 3.63) is 35.1 Å². The average Bonchev–Trinajstić information content (AvgIpc) is 2.51. The highest BCUT2D eigenvalue weighted by atomic mass is 127. The molecule has 0 fully saturated rings.